The lowest BCUT2D eigenvalue weighted by atomic mass is 10.1. The molecule has 0 aliphatic rings. The molecule has 6 heteroatoms. The van der Waals surface area contributed by atoms with Crippen molar-refractivity contribution in [1.29, 1.82) is 0 Å². The van der Waals surface area contributed by atoms with Crippen molar-refractivity contribution in [2.75, 3.05) is 0 Å². The van der Waals surface area contributed by atoms with E-state index in [1.54, 1.807) is 12.1 Å². The standard InChI is InChI=1S/C10H6ClN3O2/c11-10-2-1-7(5-13-10)8-6-12-4-3-9(8)14(15)16/h1-6H. The molecule has 0 N–H and O–H groups in total. The van der Waals surface area contributed by atoms with Crippen molar-refractivity contribution in [3.63, 3.8) is 0 Å². The van der Waals surface area contributed by atoms with Crippen molar-refractivity contribution < 1.29 is 4.92 Å². The van der Waals surface area contributed by atoms with Gasteiger partial charge in [0.1, 0.15) is 5.15 Å². The Morgan fingerprint density at radius 2 is 2.06 bits per heavy atom. The molecule has 2 aromatic rings. The average molecular weight is 236 g/mol. The van der Waals surface area contributed by atoms with Gasteiger partial charge in [-0.3, -0.25) is 15.1 Å². The van der Waals surface area contributed by atoms with Gasteiger partial charge in [-0.2, -0.15) is 0 Å². The normalized spacial score (nSPS) is 10.1. The van der Waals surface area contributed by atoms with Gasteiger partial charge >= 0.3 is 0 Å². The van der Waals surface area contributed by atoms with Crippen LogP contribution in [0.4, 0.5) is 5.69 Å². The summed E-state index contributed by atoms with van der Waals surface area (Å²) in [5.41, 5.74) is 1.04. The van der Waals surface area contributed by atoms with Gasteiger partial charge in [-0.1, -0.05) is 11.6 Å². The van der Waals surface area contributed by atoms with Crippen LogP contribution in [0.5, 0.6) is 0 Å². The number of hydrogen-bond acceptors (Lipinski definition) is 4. The van der Waals surface area contributed by atoms with Gasteiger partial charge in [0.15, 0.2) is 0 Å². The first-order chi connectivity index (χ1) is 7.68. The van der Waals surface area contributed by atoms with E-state index in [-0.39, 0.29) is 5.69 Å². The first-order valence-electron chi connectivity index (χ1n) is 4.39. The SMILES string of the molecule is O=[N+]([O-])c1ccncc1-c1ccc(Cl)nc1. The van der Waals surface area contributed by atoms with Crippen molar-refractivity contribution in [2.24, 2.45) is 0 Å². The van der Waals surface area contributed by atoms with Crippen molar-refractivity contribution in [3.05, 3.63) is 52.1 Å². The maximum Gasteiger partial charge on any atom is 0.280 e. The zero-order valence-electron chi connectivity index (χ0n) is 8.00. The lowest BCUT2D eigenvalue weighted by Crippen LogP contribution is -1.92. The van der Waals surface area contributed by atoms with Gasteiger partial charge in [-0.25, -0.2) is 4.98 Å². The lowest BCUT2D eigenvalue weighted by molar-refractivity contribution is -0.384. The Labute approximate surface area is 95.9 Å². The van der Waals surface area contributed by atoms with Gasteiger partial charge in [0, 0.05) is 30.2 Å². The van der Waals surface area contributed by atoms with E-state index >= 15 is 0 Å². The van der Waals surface area contributed by atoms with Crippen LogP contribution in [0.2, 0.25) is 5.15 Å². The van der Waals surface area contributed by atoms with E-state index < -0.39 is 4.92 Å². The molecule has 5 nitrogen and oxygen atoms in total. The van der Waals surface area contributed by atoms with Crippen molar-refractivity contribution in [1.82, 2.24) is 9.97 Å². The van der Waals surface area contributed by atoms with E-state index in [2.05, 4.69) is 9.97 Å². The number of hydrogen-bond donors (Lipinski definition) is 0. The average Bonchev–Trinajstić information content (AvgIpc) is 2.30. The Morgan fingerprint density at radius 3 is 2.69 bits per heavy atom. The molecule has 0 atom stereocenters. The number of pyridine rings is 2. The first-order valence-corrected chi connectivity index (χ1v) is 4.76. The van der Waals surface area contributed by atoms with Crippen LogP contribution in [0.1, 0.15) is 0 Å². The van der Waals surface area contributed by atoms with E-state index in [0.717, 1.165) is 0 Å². The second-order valence-corrected chi connectivity index (χ2v) is 3.41. The summed E-state index contributed by atoms with van der Waals surface area (Å²) in [4.78, 5) is 18.1. The van der Waals surface area contributed by atoms with Gasteiger partial charge in [-0.05, 0) is 12.1 Å². The molecule has 0 spiro atoms. The van der Waals surface area contributed by atoms with Gasteiger partial charge in [0.25, 0.3) is 5.69 Å². The number of halogens is 1. The molecule has 0 aromatic carbocycles. The number of rotatable bonds is 2. The van der Waals surface area contributed by atoms with Crippen molar-refractivity contribution in [2.45, 2.75) is 0 Å². The Kier molecular flexibility index (Phi) is 2.78. The molecule has 0 aliphatic heterocycles. The molecule has 0 saturated heterocycles. The van der Waals surface area contributed by atoms with Crippen LogP contribution < -0.4 is 0 Å². The summed E-state index contributed by atoms with van der Waals surface area (Å²) < 4.78 is 0. The smallest absolute Gasteiger partial charge is 0.264 e. The second kappa shape index (κ2) is 4.24. The largest absolute Gasteiger partial charge is 0.280 e. The minimum atomic E-state index is -0.453. The Balaban J connectivity index is 2.55. The molecular formula is C10H6ClN3O2. The van der Waals surface area contributed by atoms with E-state index in [1.165, 1.54) is 24.7 Å². The zero-order chi connectivity index (χ0) is 11.5. The summed E-state index contributed by atoms with van der Waals surface area (Å²) in [6, 6.07) is 4.59. The minimum absolute atomic E-state index is 0.000813. The van der Waals surface area contributed by atoms with Gasteiger partial charge in [0.2, 0.25) is 0 Å². The minimum Gasteiger partial charge on any atom is -0.264 e. The summed E-state index contributed by atoms with van der Waals surface area (Å²) in [5.74, 6) is 0. The van der Waals surface area contributed by atoms with Crippen LogP contribution >= 0.6 is 11.6 Å². The summed E-state index contributed by atoms with van der Waals surface area (Å²) in [6.07, 6.45) is 4.29. The van der Waals surface area contributed by atoms with Crippen LogP contribution in [-0.4, -0.2) is 14.9 Å². The Morgan fingerprint density at radius 1 is 1.25 bits per heavy atom. The number of nitro groups is 1. The van der Waals surface area contributed by atoms with E-state index in [9.17, 15) is 10.1 Å². The Bertz CT molecular complexity index is 528. The molecular weight excluding hydrogens is 230 g/mol. The summed E-state index contributed by atoms with van der Waals surface area (Å²) in [7, 11) is 0. The topological polar surface area (TPSA) is 68.9 Å². The molecule has 0 unspecified atom stereocenters. The zero-order valence-corrected chi connectivity index (χ0v) is 8.76. The molecule has 0 radical (unpaired) electrons. The molecule has 2 aromatic heterocycles. The maximum atomic E-state index is 10.8. The molecule has 0 fully saturated rings. The third kappa shape index (κ3) is 1.99. The van der Waals surface area contributed by atoms with E-state index in [4.69, 9.17) is 11.6 Å². The monoisotopic (exact) mass is 235 g/mol. The molecule has 2 rings (SSSR count). The molecule has 0 bridgehead atoms. The van der Waals surface area contributed by atoms with Crippen LogP contribution in [-0.2, 0) is 0 Å². The third-order valence-electron chi connectivity index (χ3n) is 2.03. The van der Waals surface area contributed by atoms with Crippen molar-refractivity contribution >= 4 is 17.3 Å². The quantitative estimate of drug-likeness (QED) is 0.456. The number of nitrogens with zero attached hydrogens (tertiary/aromatic N) is 3. The van der Waals surface area contributed by atoms with Gasteiger partial charge in [-0.15, -0.1) is 0 Å². The molecule has 2 heterocycles. The predicted molar refractivity (Wildman–Crippen MR) is 59.1 cm³/mol. The summed E-state index contributed by atoms with van der Waals surface area (Å²) >= 11 is 5.64. The highest BCUT2D eigenvalue weighted by Gasteiger charge is 2.14. The highest BCUT2D eigenvalue weighted by atomic mass is 35.5. The van der Waals surface area contributed by atoms with Gasteiger partial charge < -0.3 is 0 Å². The molecule has 0 aliphatic carbocycles. The first kappa shape index (κ1) is 10.5. The fourth-order valence-corrected chi connectivity index (χ4v) is 1.42. The number of aromatic nitrogens is 2. The van der Waals surface area contributed by atoms with Gasteiger partial charge in [0.05, 0.1) is 10.5 Å². The molecule has 0 saturated carbocycles. The lowest BCUT2D eigenvalue weighted by Gasteiger charge is -2.01. The van der Waals surface area contributed by atoms with Crippen molar-refractivity contribution in [3.8, 4) is 11.1 Å². The highest BCUT2D eigenvalue weighted by molar-refractivity contribution is 6.29. The predicted octanol–water partition coefficient (Wildman–Crippen LogP) is 2.71. The van der Waals surface area contributed by atoms with E-state index in [1.807, 2.05) is 0 Å². The third-order valence-corrected chi connectivity index (χ3v) is 2.26. The molecule has 0 amide bonds. The van der Waals surface area contributed by atoms with E-state index in [0.29, 0.717) is 16.3 Å². The summed E-state index contributed by atoms with van der Waals surface area (Å²) in [6.45, 7) is 0. The maximum absolute atomic E-state index is 10.8. The molecule has 80 valence electrons. The summed E-state index contributed by atoms with van der Waals surface area (Å²) in [5, 5.41) is 11.1. The fraction of sp³-hybridized carbons (Fsp3) is 0. The van der Waals surface area contributed by atoms with Crippen LogP contribution in [0, 0.1) is 10.1 Å². The Hall–Kier alpha value is -2.01. The highest BCUT2D eigenvalue weighted by Crippen LogP contribution is 2.28. The second-order valence-electron chi connectivity index (χ2n) is 3.02. The fourth-order valence-electron chi connectivity index (χ4n) is 1.30. The van der Waals surface area contributed by atoms with Crippen LogP contribution in [0.3, 0.4) is 0 Å². The van der Waals surface area contributed by atoms with Crippen LogP contribution in [0.25, 0.3) is 11.1 Å². The van der Waals surface area contributed by atoms with Crippen LogP contribution in [0.15, 0.2) is 36.8 Å². The molecule has 16 heavy (non-hydrogen) atoms.